The SMILES string of the molecule is CC1(C)Oc2c(-c3cnccn3)cccc2C1O. The first-order valence-corrected chi connectivity index (χ1v) is 5.86. The molecule has 1 N–H and O–H groups in total. The van der Waals surface area contributed by atoms with E-state index in [1.54, 1.807) is 18.6 Å². The zero-order valence-electron chi connectivity index (χ0n) is 10.3. The van der Waals surface area contributed by atoms with Gasteiger partial charge in [0.2, 0.25) is 0 Å². The van der Waals surface area contributed by atoms with Gasteiger partial charge in [-0.05, 0) is 19.9 Å². The molecule has 0 amide bonds. The van der Waals surface area contributed by atoms with E-state index in [0.29, 0.717) is 5.75 Å². The van der Waals surface area contributed by atoms with E-state index in [1.807, 2.05) is 32.0 Å². The van der Waals surface area contributed by atoms with E-state index < -0.39 is 11.7 Å². The van der Waals surface area contributed by atoms with Crippen LogP contribution in [0.4, 0.5) is 0 Å². The molecule has 4 heteroatoms. The molecule has 3 rings (SSSR count). The van der Waals surface area contributed by atoms with Gasteiger partial charge in [0.05, 0.1) is 11.9 Å². The van der Waals surface area contributed by atoms with E-state index >= 15 is 0 Å². The second-order valence-electron chi connectivity index (χ2n) is 4.92. The van der Waals surface area contributed by atoms with Crippen LogP contribution >= 0.6 is 0 Å². The molecule has 1 atom stereocenters. The lowest BCUT2D eigenvalue weighted by atomic mass is 9.96. The number of fused-ring (bicyclic) bond motifs is 1. The van der Waals surface area contributed by atoms with Crippen LogP contribution < -0.4 is 4.74 Å². The van der Waals surface area contributed by atoms with Gasteiger partial charge in [-0.2, -0.15) is 0 Å². The molecule has 92 valence electrons. The van der Waals surface area contributed by atoms with Gasteiger partial charge in [-0.15, -0.1) is 0 Å². The number of rotatable bonds is 1. The summed E-state index contributed by atoms with van der Waals surface area (Å²) in [6, 6.07) is 5.71. The van der Waals surface area contributed by atoms with Crippen LogP contribution in [0.3, 0.4) is 0 Å². The predicted molar refractivity (Wildman–Crippen MR) is 67.1 cm³/mol. The molecule has 0 saturated carbocycles. The molecule has 0 aliphatic carbocycles. The van der Waals surface area contributed by atoms with Crippen LogP contribution in [0.5, 0.6) is 5.75 Å². The normalized spacial score (nSPS) is 20.3. The lowest BCUT2D eigenvalue weighted by Crippen LogP contribution is -2.29. The number of para-hydroxylation sites is 1. The van der Waals surface area contributed by atoms with Crippen LogP contribution in [0, 0.1) is 0 Å². The second kappa shape index (κ2) is 3.78. The van der Waals surface area contributed by atoms with Gasteiger partial charge in [0.25, 0.3) is 0 Å². The van der Waals surface area contributed by atoms with E-state index in [2.05, 4.69) is 9.97 Å². The van der Waals surface area contributed by atoms with E-state index in [4.69, 9.17) is 4.74 Å². The van der Waals surface area contributed by atoms with Crippen molar-refractivity contribution in [2.75, 3.05) is 0 Å². The van der Waals surface area contributed by atoms with E-state index in [9.17, 15) is 5.11 Å². The molecule has 1 aliphatic heterocycles. The zero-order valence-corrected chi connectivity index (χ0v) is 10.3. The maximum Gasteiger partial charge on any atom is 0.135 e. The Labute approximate surface area is 105 Å². The van der Waals surface area contributed by atoms with E-state index in [1.165, 1.54) is 0 Å². The summed E-state index contributed by atoms with van der Waals surface area (Å²) in [5, 5.41) is 10.2. The molecule has 2 aromatic rings. The van der Waals surface area contributed by atoms with Crippen molar-refractivity contribution < 1.29 is 9.84 Å². The number of aliphatic hydroxyl groups is 1. The highest BCUT2D eigenvalue weighted by Crippen LogP contribution is 2.47. The topological polar surface area (TPSA) is 55.2 Å². The first kappa shape index (κ1) is 11.2. The Balaban J connectivity index is 2.17. The van der Waals surface area contributed by atoms with Crippen LogP contribution in [0.2, 0.25) is 0 Å². The lowest BCUT2D eigenvalue weighted by molar-refractivity contribution is 0.000756. The van der Waals surface area contributed by atoms with Gasteiger partial charge < -0.3 is 9.84 Å². The number of ether oxygens (including phenoxy) is 1. The van der Waals surface area contributed by atoms with Crippen LogP contribution in [0.15, 0.2) is 36.8 Å². The van der Waals surface area contributed by atoms with Crippen LogP contribution in [-0.4, -0.2) is 20.7 Å². The Morgan fingerprint density at radius 1 is 1.28 bits per heavy atom. The minimum Gasteiger partial charge on any atom is -0.484 e. The molecule has 0 bridgehead atoms. The van der Waals surface area contributed by atoms with Crippen molar-refractivity contribution in [3.63, 3.8) is 0 Å². The molecular weight excluding hydrogens is 228 g/mol. The van der Waals surface area contributed by atoms with Gasteiger partial charge in [0.15, 0.2) is 0 Å². The fraction of sp³-hybridized carbons (Fsp3) is 0.286. The molecule has 1 aromatic carbocycles. The molecule has 0 saturated heterocycles. The monoisotopic (exact) mass is 242 g/mol. The summed E-state index contributed by atoms with van der Waals surface area (Å²) < 4.78 is 5.87. The van der Waals surface area contributed by atoms with Gasteiger partial charge in [0.1, 0.15) is 17.5 Å². The third-order valence-electron chi connectivity index (χ3n) is 3.20. The molecule has 0 radical (unpaired) electrons. The molecule has 0 spiro atoms. The van der Waals surface area contributed by atoms with Gasteiger partial charge in [0, 0.05) is 23.5 Å². The number of nitrogens with zero attached hydrogens (tertiary/aromatic N) is 2. The number of aromatic nitrogens is 2. The van der Waals surface area contributed by atoms with Crippen LogP contribution in [0.1, 0.15) is 25.5 Å². The van der Waals surface area contributed by atoms with Gasteiger partial charge in [-0.1, -0.05) is 12.1 Å². The smallest absolute Gasteiger partial charge is 0.135 e. The first-order valence-electron chi connectivity index (χ1n) is 5.86. The van der Waals surface area contributed by atoms with Crippen molar-refractivity contribution in [2.45, 2.75) is 25.6 Å². The molecule has 1 unspecified atom stereocenters. The third kappa shape index (κ3) is 1.57. The minimum atomic E-state index is -0.621. The van der Waals surface area contributed by atoms with E-state index in [0.717, 1.165) is 16.8 Å². The summed E-state index contributed by atoms with van der Waals surface area (Å²) in [7, 11) is 0. The van der Waals surface area contributed by atoms with Crippen LogP contribution in [0.25, 0.3) is 11.3 Å². The summed E-state index contributed by atoms with van der Waals surface area (Å²) >= 11 is 0. The van der Waals surface area contributed by atoms with Gasteiger partial charge in [-0.3, -0.25) is 9.97 Å². The minimum absolute atomic E-state index is 0.610. The fourth-order valence-electron chi connectivity index (χ4n) is 2.22. The average Bonchev–Trinajstić information content (AvgIpc) is 2.61. The maximum absolute atomic E-state index is 10.2. The highest BCUT2D eigenvalue weighted by atomic mass is 16.5. The molecular formula is C14H14N2O2. The fourth-order valence-corrected chi connectivity index (χ4v) is 2.22. The summed E-state index contributed by atoms with van der Waals surface area (Å²) in [5.41, 5.74) is 1.81. The maximum atomic E-state index is 10.2. The Bertz CT molecular complexity index is 582. The molecule has 0 fully saturated rings. The molecule has 1 aliphatic rings. The lowest BCUT2D eigenvalue weighted by Gasteiger charge is -2.22. The Morgan fingerprint density at radius 3 is 2.83 bits per heavy atom. The molecule has 1 aromatic heterocycles. The Hall–Kier alpha value is -1.94. The highest BCUT2D eigenvalue weighted by molar-refractivity contribution is 5.70. The van der Waals surface area contributed by atoms with Crippen molar-refractivity contribution in [3.05, 3.63) is 42.4 Å². The summed E-state index contributed by atoms with van der Waals surface area (Å²) in [6.07, 6.45) is 4.35. The number of aliphatic hydroxyl groups excluding tert-OH is 1. The molecule has 18 heavy (non-hydrogen) atoms. The van der Waals surface area contributed by atoms with Crippen LogP contribution in [-0.2, 0) is 0 Å². The summed E-state index contributed by atoms with van der Waals surface area (Å²) in [5.74, 6) is 0.704. The average molecular weight is 242 g/mol. The van der Waals surface area contributed by atoms with Crippen molar-refractivity contribution in [1.82, 2.24) is 9.97 Å². The number of benzene rings is 1. The number of hydrogen-bond acceptors (Lipinski definition) is 4. The molecule has 2 heterocycles. The quantitative estimate of drug-likeness (QED) is 0.834. The Kier molecular flexibility index (Phi) is 2.35. The van der Waals surface area contributed by atoms with Crippen molar-refractivity contribution >= 4 is 0 Å². The predicted octanol–water partition coefficient (Wildman–Crippen LogP) is 2.35. The van der Waals surface area contributed by atoms with Gasteiger partial charge >= 0.3 is 0 Å². The van der Waals surface area contributed by atoms with Crippen molar-refractivity contribution in [2.24, 2.45) is 0 Å². The zero-order chi connectivity index (χ0) is 12.8. The highest BCUT2D eigenvalue weighted by Gasteiger charge is 2.41. The summed E-state index contributed by atoms with van der Waals surface area (Å²) in [4.78, 5) is 8.34. The Morgan fingerprint density at radius 2 is 2.11 bits per heavy atom. The number of hydrogen-bond donors (Lipinski definition) is 1. The summed E-state index contributed by atoms with van der Waals surface area (Å²) in [6.45, 7) is 3.75. The van der Waals surface area contributed by atoms with Gasteiger partial charge in [-0.25, -0.2) is 0 Å². The van der Waals surface area contributed by atoms with Crippen molar-refractivity contribution in [1.29, 1.82) is 0 Å². The first-order chi connectivity index (χ1) is 8.59. The third-order valence-corrected chi connectivity index (χ3v) is 3.20. The standard InChI is InChI=1S/C14H14N2O2/c1-14(2)13(17)10-5-3-4-9(12(10)18-14)11-8-15-6-7-16-11/h3-8,13,17H,1-2H3. The second-order valence-corrected chi connectivity index (χ2v) is 4.92. The largest absolute Gasteiger partial charge is 0.484 e. The van der Waals surface area contributed by atoms with Crippen molar-refractivity contribution in [3.8, 4) is 17.0 Å². The molecule has 4 nitrogen and oxygen atoms in total. The van der Waals surface area contributed by atoms with E-state index in [-0.39, 0.29) is 0 Å².